The molecule has 0 bridgehead atoms. The van der Waals surface area contributed by atoms with E-state index in [-0.39, 0.29) is 0 Å². The summed E-state index contributed by atoms with van der Waals surface area (Å²) in [5.74, 6) is 5.72. The molecule has 3 saturated carbocycles. The minimum absolute atomic E-state index is 0.863. The molecule has 0 aromatic carbocycles. The average molecular weight is 369 g/mol. The van der Waals surface area contributed by atoms with E-state index >= 15 is 0 Å². The Balaban J connectivity index is 1.33. The lowest BCUT2D eigenvalue weighted by atomic mass is 9.68. The van der Waals surface area contributed by atoms with Crippen molar-refractivity contribution < 1.29 is 0 Å². The number of hydrogen-bond donors (Lipinski definition) is 0. The Morgan fingerprint density at radius 1 is 0.630 bits per heavy atom. The molecule has 27 heavy (non-hydrogen) atoms. The minimum atomic E-state index is 0.863. The van der Waals surface area contributed by atoms with Crippen LogP contribution in [0.25, 0.3) is 0 Å². The molecule has 0 N–H and O–H groups in total. The van der Waals surface area contributed by atoms with E-state index < -0.39 is 0 Å². The summed E-state index contributed by atoms with van der Waals surface area (Å²) < 4.78 is 0. The van der Waals surface area contributed by atoms with Crippen LogP contribution in [0.3, 0.4) is 0 Å². The Labute approximate surface area is 169 Å². The summed E-state index contributed by atoms with van der Waals surface area (Å²) in [4.78, 5) is 0. The van der Waals surface area contributed by atoms with Gasteiger partial charge in [-0.15, -0.1) is 6.58 Å². The highest BCUT2D eigenvalue weighted by Gasteiger charge is 2.30. The fraction of sp³-hybridized carbons (Fsp3) is 0.778. The fourth-order valence-electron chi connectivity index (χ4n) is 6.23. The van der Waals surface area contributed by atoms with Crippen LogP contribution in [0.15, 0.2) is 37.0 Å². The molecule has 0 heterocycles. The molecule has 0 amide bonds. The van der Waals surface area contributed by atoms with Gasteiger partial charge < -0.3 is 0 Å². The predicted molar refractivity (Wildman–Crippen MR) is 120 cm³/mol. The lowest BCUT2D eigenvalue weighted by Crippen LogP contribution is -2.25. The molecule has 0 aromatic heterocycles. The molecule has 0 nitrogen and oxygen atoms in total. The summed E-state index contributed by atoms with van der Waals surface area (Å²) in [5.41, 5.74) is 0. The summed E-state index contributed by atoms with van der Waals surface area (Å²) in [6.07, 6.45) is 32.2. The molecule has 3 rings (SSSR count). The number of rotatable bonds is 7. The van der Waals surface area contributed by atoms with Crippen molar-refractivity contribution in [2.75, 3.05) is 0 Å². The molecule has 3 aliphatic rings. The SMILES string of the molecule is C=CCCC1CCC(C2CCC(C=CC3CCC(/C=C/C)CC3)CC2)CC1. The Morgan fingerprint density at radius 3 is 1.56 bits per heavy atom. The largest absolute Gasteiger partial charge is 0.103 e. The van der Waals surface area contributed by atoms with Crippen LogP contribution in [0, 0.1) is 35.5 Å². The highest BCUT2D eigenvalue weighted by Crippen LogP contribution is 2.42. The molecule has 152 valence electrons. The van der Waals surface area contributed by atoms with E-state index in [1.165, 1.54) is 89.9 Å². The molecule has 3 fully saturated rings. The summed E-state index contributed by atoms with van der Waals surface area (Å²) in [5, 5.41) is 0. The van der Waals surface area contributed by atoms with E-state index in [1.54, 1.807) is 0 Å². The van der Waals surface area contributed by atoms with E-state index in [2.05, 4.69) is 43.9 Å². The second-order valence-electron chi connectivity index (χ2n) is 9.91. The molecule has 0 saturated heterocycles. The van der Waals surface area contributed by atoms with E-state index in [0.29, 0.717) is 0 Å². The van der Waals surface area contributed by atoms with Crippen molar-refractivity contribution in [3.05, 3.63) is 37.0 Å². The molecular formula is C27H44. The molecule has 3 aliphatic carbocycles. The van der Waals surface area contributed by atoms with Crippen LogP contribution in [0.2, 0.25) is 0 Å². The van der Waals surface area contributed by atoms with Gasteiger partial charge in [-0.1, -0.05) is 43.2 Å². The van der Waals surface area contributed by atoms with Crippen molar-refractivity contribution in [3.8, 4) is 0 Å². The van der Waals surface area contributed by atoms with Crippen LogP contribution in [-0.2, 0) is 0 Å². The van der Waals surface area contributed by atoms with Crippen LogP contribution in [-0.4, -0.2) is 0 Å². The second kappa shape index (κ2) is 11.3. The summed E-state index contributed by atoms with van der Waals surface area (Å²) >= 11 is 0. The first-order valence-electron chi connectivity index (χ1n) is 12.2. The van der Waals surface area contributed by atoms with Crippen molar-refractivity contribution in [2.24, 2.45) is 35.5 Å². The lowest BCUT2D eigenvalue weighted by molar-refractivity contribution is 0.153. The first-order chi connectivity index (χ1) is 13.3. The first kappa shape index (κ1) is 20.9. The molecule has 0 spiro atoms. The third-order valence-electron chi connectivity index (χ3n) is 8.09. The monoisotopic (exact) mass is 368 g/mol. The zero-order chi connectivity index (χ0) is 18.9. The molecule has 0 aromatic rings. The van der Waals surface area contributed by atoms with E-state index in [9.17, 15) is 0 Å². The van der Waals surface area contributed by atoms with Crippen molar-refractivity contribution in [2.45, 2.75) is 96.8 Å². The second-order valence-corrected chi connectivity index (χ2v) is 9.91. The summed E-state index contributed by atoms with van der Waals surface area (Å²) in [6.45, 7) is 6.05. The number of hydrogen-bond acceptors (Lipinski definition) is 0. The average Bonchev–Trinajstić information content (AvgIpc) is 2.73. The van der Waals surface area contributed by atoms with E-state index in [1.807, 2.05) is 0 Å². The van der Waals surface area contributed by atoms with Gasteiger partial charge in [0.05, 0.1) is 0 Å². The standard InChI is InChI=1S/C27H44/c1-3-5-7-23-14-18-26(19-15-23)27-20-16-25(17-21-27)13-12-24-10-8-22(6-4-2)9-11-24/h3-4,6,12-13,22-27H,1,5,7-11,14-21H2,2H3/b6-4+,13-12?. The van der Waals surface area contributed by atoms with Crippen LogP contribution in [0.4, 0.5) is 0 Å². The smallest absolute Gasteiger partial charge is 0.0233 e. The Hall–Kier alpha value is -0.780. The zero-order valence-electron chi connectivity index (χ0n) is 18.0. The van der Waals surface area contributed by atoms with Gasteiger partial charge in [-0.05, 0) is 119 Å². The maximum absolute atomic E-state index is 3.89. The Bertz CT molecular complexity index is 460. The summed E-state index contributed by atoms with van der Waals surface area (Å²) in [6, 6.07) is 0. The molecule has 0 atom stereocenters. The molecule has 0 unspecified atom stereocenters. The van der Waals surface area contributed by atoms with Gasteiger partial charge in [0, 0.05) is 0 Å². The molecule has 0 heteroatoms. The maximum Gasteiger partial charge on any atom is -0.0233 e. The van der Waals surface area contributed by atoms with Gasteiger partial charge in [-0.25, -0.2) is 0 Å². The van der Waals surface area contributed by atoms with Gasteiger partial charge in [0.1, 0.15) is 0 Å². The van der Waals surface area contributed by atoms with Crippen molar-refractivity contribution in [3.63, 3.8) is 0 Å². The van der Waals surface area contributed by atoms with E-state index in [4.69, 9.17) is 0 Å². The fourth-order valence-corrected chi connectivity index (χ4v) is 6.23. The topological polar surface area (TPSA) is 0 Å². The Kier molecular flexibility index (Phi) is 8.75. The van der Waals surface area contributed by atoms with Crippen molar-refractivity contribution in [1.82, 2.24) is 0 Å². The predicted octanol–water partition coefficient (Wildman–Crippen LogP) is 8.50. The van der Waals surface area contributed by atoms with Crippen LogP contribution in [0.5, 0.6) is 0 Å². The van der Waals surface area contributed by atoms with Gasteiger partial charge in [-0.2, -0.15) is 0 Å². The quantitative estimate of drug-likeness (QED) is 0.395. The van der Waals surface area contributed by atoms with Crippen LogP contribution >= 0.6 is 0 Å². The molecular weight excluding hydrogens is 324 g/mol. The van der Waals surface area contributed by atoms with Gasteiger partial charge in [0.15, 0.2) is 0 Å². The highest BCUT2D eigenvalue weighted by atomic mass is 14.4. The van der Waals surface area contributed by atoms with Gasteiger partial charge in [-0.3, -0.25) is 0 Å². The maximum atomic E-state index is 3.89. The van der Waals surface area contributed by atoms with Gasteiger partial charge in [0.25, 0.3) is 0 Å². The third kappa shape index (κ3) is 6.65. The molecule has 0 radical (unpaired) electrons. The van der Waals surface area contributed by atoms with Crippen LogP contribution in [0.1, 0.15) is 96.8 Å². The minimum Gasteiger partial charge on any atom is -0.103 e. The molecule has 0 aliphatic heterocycles. The van der Waals surface area contributed by atoms with Crippen molar-refractivity contribution >= 4 is 0 Å². The highest BCUT2D eigenvalue weighted by molar-refractivity contribution is 4.98. The van der Waals surface area contributed by atoms with Gasteiger partial charge >= 0.3 is 0 Å². The number of allylic oxidation sites excluding steroid dienone is 5. The van der Waals surface area contributed by atoms with Crippen molar-refractivity contribution in [1.29, 1.82) is 0 Å². The van der Waals surface area contributed by atoms with E-state index in [0.717, 1.165) is 35.5 Å². The normalized spacial score (nSPS) is 38.4. The first-order valence-corrected chi connectivity index (χ1v) is 12.2. The zero-order valence-corrected chi connectivity index (χ0v) is 18.0. The lowest BCUT2D eigenvalue weighted by Gasteiger charge is -2.37. The van der Waals surface area contributed by atoms with Crippen LogP contribution < -0.4 is 0 Å². The summed E-state index contributed by atoms with van der Waals surface area (Å²) in [7, 11) is 0. The van der Waals surface area contributed by atoms with Gasteiger partial charge in [0.2, 0.25) is 0 Å². The third-order valence-corrected chi connectivity index (χ3v) is 8.09. The Morgan fingerprint density at radius 2 is 1.07 bits per heavy atom.